The van der Waals surface area contributed by atoms with Gasteiger partial charge in [-0.2, -0.15) is 0 Å². The summed E-state index contributed by atoms with van der Waals surface area (Å²) in [6.07, 6.45) is 4.40. The molecule has 2 unspecified atom stereocenters. The summed E-state index contributed by atoms with van der Waals surface area (Å²) >= 11 is 0. The van der Waals surface area contributed by atoms with Crippen LogP contribution in [-0.2, 0) is 9.59 Å². The van der Waals surface area contributed by atoms with Gasteiger partial charge >= 0.3 is 5.97 Å². The van der Waals surface area contributed by atoms with Crippen LogP contribution in [-0.4, -0.2) is 35.2 Å². The molecule has 0 aromatic rings. The van der Waals surface area contributed by atoms with Crippen LogP contribution in [0.5, 0.6) is 0 Å². The third kappa shape index (κ3) is 3.45. The standard InChI is InChI=1S/C13H23NO4/c1-13(12(17)18,11(16)14-2)8-10(15)7-9-5-3-4-6-9/h9-10,15H,3-8H2,1-2H3,(H,14,16)(H,17,18). The molecule has 0 aromatic carbocycles. The summed E-state index contributed by atoms with van der Waals surface area (Å²) < 4.78 is 0. The van der Waals surface area contributed by atoms with Crippen molar-refractivity contribution >= 4 is 11.9 Å². The fraction of sp³-hybridized carbons (Fsp3) is 0.846. The van der Waals surface area contributed by atoms with Crippen LogP contribution in [0.1, 0.15) is 45.4 Å². The molecule has 18 heavy (non-hydrogen) atoms. The molecule has 104 valence electrons. The van der Waals surface area contributed by atoms with E-state index in [9.17, 15) is 19.8 Å². The topological polar surface area (TPSA) is 86.6 Å². The number of carboxylic acids is 1. The first kappa shape index (κ1) is 15.0. The van der Waals surface area contributed by atoms with E-state index < -0.39 is 23.4 Å². The lowest BCUT2D eigenvalue weighted by atomic mass is 9.81. The van der Waals surface area contributed by atoms with Gasteiger partial charge in [-0.05, 0) is 25.7 Å². The van der Waals surface area contributed by atoms with E-state index in [1.807, 2.05) is 0 Å². The molecule has 5 nitrogen and oxygen atoms in total. The van der Waals surface area contributed by atoms with E-state index in [2.05, 4.69) is 5.32 Å². The first-order valence-corrected chi connectivity index (χ1v) is 6.53. The van der Waals surface area contributed by atoms with Gasteiger partial charge in [0.05, 0.1) is 6.10 Å². The second kappa shape index (κ2) is 6.18. The number of carboxylic acid groups (broad SMARTS) is 1. The first-order valence-electron chi connectivity index (χ1n) is 6.53. The molecule has 0 aliphatic heterocycles. The van der Waals surface area contributed by atoms with Gasteiger partial charge in [-0.1, -0.05) is 25.7 Å². The van der Waals surface area contributed by atoms with Crippen LogP contribution in [0.2, 0.25) is 0 Å². The Hall–Kier alpha value is -1.10. The quantitative estimate of drug-likeness (QED) is 0.623. The van der Waals surface area contributed by atoms with E-state index in [0.717, 1.165) is 12.8 Å². The van der Waals surface area contributed by atoms with Gasteiger partial charge in [0, 0.05) is 7.05 Å². The lowest BCUT2D eigenvalue weighted by Crippen LogP contribution is -2.45. The number of aliphatic hydroxyl groups excluding tert-OH is 1. The van der Waals surface area contributed by atoms with Crippen LogP contribution < -0.4 is 5.32 Å². The van der Waals surface area contributed by atoms with Crippen LogP contribution in [0.15, 0.2) is 0 Å². The number of carbonyl (C=O) groups is 2. The molecule has 1 saturated carbocycles. The maximum Gasteiger partial charge on any atom is 0.319 e. The van der Waals surface area contributed by atoms with E-state index in [1.54, 1.807) is 0 Å². The molecule has 0 saturated heterocycles. The van der Waals surface area contributed by atoms with Crippen molar-refractivity contribution in [1.29, 1.82) is 0 Å². The molecule has 3 N–H and O–H groups in total. The minimum Gasteiger partial charge on any atom is -0.480 e. The molecule has 1 rings (SSSR count). The van der Waals surface area contributed by atoms with Crippen molar-refractivity contribution in [2.24, 2.45) is 11.3 Å². The summed E-state index contributed by atoms with van der Waals surface area (Å²) in [5.41, 5.74) is -1.55. The zero-order valence-corrected chi connectivity index (χ0v) is 11.1. The van der Waals surface area contributed by atoms with Crippen LogP contribution in [0, 0.1) is 11.3 Å². The highest BCUT2D eigenvalue weighted by Crippen LogP contribution is 2.32. The van der Waals surface area contributed by atoms with Gasteiger partial charge in [0.25, 0.3) is 0 Å². The van der Waals surface area contributed by atoms with E-state index in [0.29, 0.717) is 12.3 Å². The highest BCUT2D eigenvalue weighted by atomic mass is 16.4. The predicted octanol–water partition coefficient (Wildman–Crippen LogP) is 1.15. The molecule has 2 atom stereocenters. The molecule has 0 bridgehead atoms. The smallest absolute Gasteiger partial charge is 0.319 e. The molecule has 0 aromatic heterocycles. The average Bonchev–Trinajstić information content (AvgIpc) is 2.79. The summed E-state index contributed by atoms with van der Waals surface area (Å²) in [7, 11) is 1.41. The van der Waals surface area contributed by atoms with Crippen molar-refractivity contribution in [3.8, 4) is 0 Å². The minimum atomic E-state index is -1.55. The van der Waals surface area contributed by atoms with Crippen LogP contribution in [0.4, 0.5) is 0 Å². The van der Waals surface area contributed by atoms with Crippen molar-refractivity contribution in [3.63, 3.8) is 0 Å². The number of hydrogen-bond donors (Lipinski definition) is 3. The fourth-order valence-corrected chi connectivity index (χ4v) is 2.74. The highest BCUT2D eigenvalue weighted by molar-refractivity contribution is 6.01. The zero-order chi connectivity index (χ0) is 13.8. The zero-order valence-electron chi connectivity index (χ0n) is 11.1. The van der Waals surface area contributed by atoms with Crippen molar-refractivity contribution < 1.29 is 19.8 Å². The van der Waals surface area contributed by atoms with Crippen molar-refractivity contribution in [2.75, 3.05) is 7.05 Å². The minimum absolute atomic E-state index is 0.0293. The molecular weight excluding hydrogens is 234 g/mol. The predicted molar refractivity (Wildman–Crippen MR) is 67.0 cm³/mol. The molecule has 1 aliphatic rings. The lowest BCUT2D eigenvalue weighted by Gasteiger charge is -2.26. The number of hydrogen-bond acceptors (Lipinski definition) is 3. The second-order valence-electron chi connectivity index (χ2n) is 5.46. The highest BCUT2D eigenvalue weighted by Gasteiger charge is 2.42. The Bertz CT molecular complexity index is 312. The summed E-state index contributed by atoms with van der Waals surface area (Å²) in [5, 5.41) is 21.5. The van der Waals surface area contributed by atoms with Gasteiger partial charge in [-0.15, -0.1) is 0 Å². The Balaban J connectivity index is 2.59. The van der Waals surface area contributed by atoms with Gasteiger partial charge in [-0.3, -0.25) is 9.59 Å². The molecule has 5 heteroatoms. The van der Waals surface area contributed by atoms with Crippen molar-refractivity contribution in [2.45, 2.75) is 51.6 Å². The Morgan fingerprint density at radius 1 is 1.39 bits per heavy atom. The van der Waals surface area contributed by atoms with Gasteiger partial charge < -0.3 is 15.5 Å². The van der Waals surface area contributed by atoms with E-state index in [1.165, 1.54) is 26.8 Å². The lowest BCUT2D eigenvalue weighted by molar-refractivity contribution is -0.156. The second-order valence-corrected chi connectivity index (χ2v) is 5.46. The Kier molecular flexibility index (Phi) is 5.14. The number of aliphatic hydroxyl groups is 1. The molecule has 1 fully saturated rings. The number of carbonyl (C=O) groups excluding carboxylic acids is 1. The summed E-state index contributed by atoms with van der Waals surface area (Å²) in [5.74, 6) is -1.27. The van der Waals surface area contributed by atoms with Crippen LogP contribution >= 0.6 is 0 Å². The third-order valence-corrected chi connectivity index (χ3v) is 3.92. The Morgan fingerprint density at radius 2 is 1.94 bits per heavy atom. The molecule has 0 radical (unpaired) electrons. The molecular formula is C13H23NO4. The van der Waals surface area contributed by atoms with Gasteiger partial charge in [-0.25, -0.2) is 0 Å². The van der Waals surface area contributed by atoms with Crippen LogP contribution in [0.3, 0.4) is 0 Å². The molecule has 1 amide bonds. The Labute approximate surface area is 108 Å². The van der Waals surface area contributed by atoms with E-state index in [4.69, 9.17) is 0 Å². The maximum atomic E-state index is 11.6. The van der Waals surface area contributed by atoms with Gasteiger partial charge in [0.15, 0.2) is 0 Å². The molecule has 1 aliphatic carbocycles. The summed E-state index contributed by atoms with van der Waals surface area (Å²) in [6.45, 7) is 1.37. The maximum absolute atomic E-state index is 11.6. The summed E-state index contributed by atoms with van der Waals surface area (Å²) in [4.78, 5) is 22.9. The third-order valence-electron chi connectivity index (χ3n) is 3.92. The SMILES string of the molecule is CNC(=O)C(C)(CC(O)CC1CCCC1)C(=O)O. The number of rotatable bonds is 6. The van der Waals surface area contributed by atoms with E-state index >= 15 is 0 Å². The Morgan fingerprint density at radius 3 is 2.39 bits per heavy atom. The van der Waals surface area contributed by atoms with Crippen molar-refractivity contribution in [1.82, 2.24) is 5.32 Å². The summed E-state index contributed by atoms with van der Waals surface area (Å²) in [6, 6.07) is 0. The molecule has 0 heterocycles. The van der Waals surface area contributed by atoms with Crippen molar-refractivity contribution in [3.05, 3.63) is 0 Å². The average molecular weight is 257 g/mol. The largest absolute Gasteiger partial charge is 0.480 e. The van der Waals surface area contributed by atoms with E-state index in [-0.39, 0.29) is 6.42 Å². The number of amides is 1. The van der Waals surface area contributed by atoms with Gasteiger partial charge in [0.2, 0.25) is 5.91 Å². The molecule has 0 spiro atoms. The monoisotopic (exact) mass is 257 g/mol. The normalized spacial score (nSPS) is 21.3. The number of nitrogens with one attached hydrogen (secondary N) is 1. The van der Waals surface area contributed by atoms with Crippen LogP contribution in [0.25, 0.3) is 0 Å². The number of aliphatic carboxylic acids is 1. The van der Waals surface area contributed by atoms with Gasteiger partial charge in [0.1, 0.15) is 5.41 Å². The first-order chi connectivity index (χ1) is 8.40. The fourth-order valence-electron chi connectivity index (χ4n) is 2.74.